The lowest BCUT2D eigenvalue weighted by Gasteiger charge is -2.33. The van der Waals surface area contributed by atoms with Gasteiger partial charge in [-0.1, -0.05) is 19.1 Å². The second kappa shape index (κ2) is 9.98. The molecule has 1 fully saturated rings. The van der Waals surface area contributed by atoms with E-state index in [1.807, 2.05) is 50.2 Å². The molecule has 0 aliphatic carbocycles. The molecule has 160 valence electrons. The average Bonchev–Trinajstić information content (AvgIpc) is 2.70. The second-order valence-corrected chi connectivity index (χ2v) is 8.94. The van der Waals surface area contributed by atoms with Gasteiger partial charge in [-0.25, -0.2) is 4.79 Å². The van der Waals surface area contributed by atoms with Crippen molar-refractivity contribution in [1.82, 2.24) is 5.32 Å². The average molecular weight is 473 g/mol. The number of urea groups is 1. The van der Waals surface area contributed by atoms with Crippen LogP contribution in [0, 0.1) is 5.92 Å². The first-order valence-electron chi connectivity index (χ1n) is 10.4. The van der Waals surface area contributed by atoms with Gasteiger partial charge in [0, 0.05) is 35.0 Å². The van der Waals surface area contributed by atoms with Crippen molar-refractivity contribution in [2.24, 2.45) is 5.92 Å². The van der Waals surface area contributed by atoms with Gasteiger partial charge in [-0.15, -0.1) is 0 Å². The molecule has 0 atom stereocenters. The molecule has 3 amide bonds. The van der Waals surface area contributed by atoms with Crippen LogP contribution in [0.5, 0.6) is 0 Å². The van der Waals surface area contributed by atoms with Crippen LogP contribution in [0.2, 0.25) is 0 Å². The van der Waals surface area contributed by atoms with Crippen molar-refractivity contribution in [3.8, 4) is 0 Å². The third-order valence-electron chi connectivity index (χ3n) is 5.17. The van der Waals surface area contributed by atoms with E-state index in [0.717, 1.165) is 36.1 Å². The number of amides is 3. The fourth-order valence-corrected chi connectivity index (χ4v) is 3.89. The summed E-state index contributed by atoms with van der Waals surface area (Å²) in [7, 11) is 0. The predicted octanol–water partition coefficient (Wildman–Crippen LogP) is 5.47. The standard InChI is InChI=1S/C23H29BrN4O2/c1-15(2)25-22(29)18-14-17(8-9-21(18)28-12-10-16(3)11-13-28)26-23(30)27-20-7-5-4-6-19(20)24/h4-9,14-16H,10-13H2,1-3H3,(H,25,29)(H2,26,27,30). The van der Waals surface area contributed by atoms with Crippen LogP contribution in [0.1, 0.15) is 44.0 Å². The van der Waals surface area contributed by atoms with Gasteiger partial charge in [-0.3, -0.25) is 4.79 Å². The summed E-state index contributed by atoms with van der Waals surface area (Å²) in [6, 6.07) is 12.6. The molecule has 2 aromatic carbocycles. The summed E-state index contributed by atoms with van der Waals surface area (Å²) < 4.78 is 0.798. The quantitative estimate of drug-likeness (QED) is 0.540. The van der Waals surface area contributed by atoms with Crippen LogP contribution in [-0.2, 0) is 0 Å². The first-order chi connectivity index (χ1) is 14.3. The zero-order valence-electron chi connectivity index (χ0n) is 17.7. The van der Waals surface area contributed by atoms with E-state index in [0.29, 0.717) is 22.9 Å². The predicted molar refractivity (Wildman–Crippen MR) is 126 cm³/mol. The maximum atomic E-state index is 12.9. The van der Waals surface area contributed by atoms with Gasteiger partial charge in [0.1, 0.15) is 0 Å². The summed E-state index contributed by atoms with van der Waals surface area (Å²) in [4.78, 5) is 27.6. The molecule has 1 aliphatic rings. The van der Waals surface area contributed by atoms with Crippen LogP contribution in [0.4, 0.5) is 21.9 Å². The van der Waals surface area contributed by atoms with Crippen molar-refractivity contribution in [3.05, 3.63) is 52.5 Å². The van der Waals surface area contributed by atoms with Crippen LogP contribution in [-0.4, -0.2) is 31.1 Å². The van der Waals surface area contributed by atoms with E-state index in [-0.39, 0.29) is 18.0 Å². The molecule has 0 bridgehead atoms. The molecule has 0 spiro atoms. The third kappa shape index (κ3) is 5.75. The maximum Gasteiger partial charge on any atom is 0.323 e. The Morgan fingerprint density at radius 3 is 2.43 bits per heavy atom. The number of nitrogens with zero attached hydrogens (tertiary/aromatic N) is 1. The van der Waals surface area contributed by atoms with E-state index in [1.54, 1.807) is 6.07 Å². The normalized spacial score (nSPS) is 14.5. The number of carbonyl (C=O) groups is 2. The minimum Gasteiger partial charge on any atom is -0.371 e. The van der Waals surface area contributed by atoms with E-state index in [2.05, 4.69) is 43.7 Å². The highest BCUT2D eigenvalue weighted by Gasteiger charge is 2.22. The summed E-state index contributed by atoms with van der Waals surface area (Å²) in [5.74, 6) is 0.574. The minimum atomic E-state index is -0.364. The van der Waals surface area contributed by atoms with Gasteiger partial charge in [-0.2, -0.15) is 0 Å². The first kappa shape index (κ1) is 22.2. The number of nitrogens with one attached hydrogen (secondary N) is 3. The minimum absolute atomic E-state index is 0.0297. The molecule has 6 nitrogen and oxygen atoms in total. The zero-order chi connectivity index (χ0) is 21.7. The highest BCUT2D eigenvalue weighted by Crippen LogP contribution is 2.29. The lowest BCUT2D eigenvalue weighted by atomic mass is 9.97. The monoisotopic (exact) mass is 472 g/mol. The summed E-state index contributed by atoms with van der Waals surface area (Å²) in [6.07, 6.45) is 2.22. The fourth-order valence-electron chi connectivity index (χ4n) is 3.51. The molecule has 1 heterocycles. The number of piperidine rings is 1. The first-order valence-corrected chi connectivity index (χ1v) is 11.1. The number of hydrogen-bond donors (Lipinski definition) is 3. The van der Waals surface area contributed by atoms with Crippen molar-refractivity contribution in [2.75, 3.05) is 28.6 Å². The van der Waals surface area contributed by atoms with Gasteiger partial charge >= 0.3 is 6.03 Å². The zero-order valence-corrected chi connectivity index (χ0v) is 19.3. The fraction of sp³-hybridized carbons (Fsp3) is 0.391. The number of para-hydroxylation sites is 1. The third-order valence-corrected chi connectivity index (χ3v) is 5.86. The van der Waals surface area contributed by atoms with Gasteiger partial charge in [0.05, 0.1) is 11.3 Å². The van der Waals surface area contributed by atoms with Gasteiger partial charge in [0.2, 0.25) is 0 Å². The number of hydrogen-bond acceptors (Lipinski definition) is 3. The summed E-state index contributed by atoms with van der Waals surface area (Å²) in [5.41, 5.74) is 2.74. The maximum absolute atomic E-state index is 12.9. The molecule has 1 saturated heterocycles. The molecule has 1 aliphatic heterocycles. The molecule has 0 aromatic heterocycles. The topological polar surface area (TPSA) is 73.5 Å². The van der Waals surface area contributed by atoms with Crippen molar-refractivity contribution < 1.29 is 9.59 Å². The number of rotatable bonds is 5. The lowest BCUT2D eigenvalue weighted by Crippen LogP contribution is -2.36. The van der Waals surface area contributed by atoms with E-state index in [4.69, 9.17) is 0 Å². The van der Waals surface area contributed by atoms with E-state index < -0.39 is 0 Å². The Morgan fingerprint density at radius 2 is 1.77 bits per heavy atom. The Morgan fingerprint density at radius 1 is 1.07 bits per heavy atom. The van der Waals surface area contributed by atoms with Gasteiger partial charge in [0.25, 0.3) is 5.91 Å². The Hall–Kier alpha value is -2.54. The number of carbonyl (C=O) groups excluding carboxylic acids is 2. The summed E-state index contributed by atoms with van der Waals surface area (Å²) in [5, 5.41) is 8.62. The van der Waals surface area contributed by atoms with Crippen LogP contribution in [0.3, 0.4) is 0 Å². The Kier molecular flexibility index (Phi) is 7.37. The van der Waals surface area contributed by atoms with E-state index in [9.17, 15) is 9.59 Å². The van der Waals surface area contributed by atoms with Crippen molar-refractivity contribution in [1.29, 1.82) is 0 Å². The van der Waals surface area contributed by atoms with E-state index >= 15 is 0 Å². The van der Waals surface area contributed by atoms with Crippen LogP contribution in [0.15, 0.2) is 46.9 Å². The molecular weight excluding hydrogens is 444 g/mol. The molecule has 0 radical (unpaired) electrons. The van der Waals surface area contributed by atoms with Crippen LogP contribution < -0.4 is 20.9 Å². The molecule has 3 rings (SSSR count). The van der Waals surface area contributed by atoms with Crippen molar-refractivity contribution >= 4 is 44.9 Å². The Balaban J connectivity index is 1.80. The van der Waals surface area contributed by atoms with Crippen molar-refractivity contribution in [2.45, 2.75) is 39.7 Å². The SMILES string of the molecule is CC1CCN(c2ccc(NC(=O)Nc3ccccc3Br)cc2C(=O)NC(C)C)CC1. The van der Waals surface area contributed by atoms with Gasteiger partial charge in [-0.05, 0) is 78.9 Å². The van der Waals surface area contributed by atoms with Gasteiger partial charge < -0.3 is 20.9 Å². The molecule has 0 saturated carbocycles. The molecule has 2 aromatic rings. The molecule has 7 heteroatoms. The second-order valence-electron chi connectivity index (χ2n) is 8.09. The van der Waals surface area contributed by atoms with Crippen LogP contribution in [0.25, 0.3) is 0 Å². The van der Waals surface area contributed by atoms with E-state index in [1.165, 1.54) is 0 Å². The number of benzene rings is 2. The molecule has 30 heavy (non-hydrogen) atoms. The Labute approximate surface area is 186 Å². The lowest BCUT2D eigenvalue weighted by molar-refractivity contribution is 0.0943. The number of anilines is 3. The molecular formula is C23H29BrN4O2. The summed E-state index contributed by atoms with van der Waals surface area (Å²) >= 11 is 3.42. The summed E-state index contributed by atoms with van der Waals surface area (Å²) in [6.45, 7) is 8.00. The smallest absolute Gasteiger partial charge is 0.323 e. The largest absolute Gasteiger partial charge is 0.371 e. The highest BCUT2D eigenvalue weighted by molar-refractivity contribution is 9.10. The van der Waals surface area contributed by atoms with Crippen molar-refractivity contribution in [3.63, 3.8) is 0 Å². The van der Waals surface area contributed by atoms with Gasteiger partial charge in [0.15, 0.2) is 0 Å². The molecule has 3 N–H and O–H groups in total. The van der Waals surface area contributed by atoms with Crippen LogP contribution >= 0.6 is 15.9 Å². The molecule has 0 unspecified atom stereocenters. The highest BCUT2D eigenvalue weighted by atomic mass is 79.9. The number of halogens is 1. The Bertz CT molecular complexity index is 908.